The maximum absolute atomic E-state index is 4.41. The highest BCUT2D eigenvalue weighted by Gasteiger charge is 2.10. The standard InChI is InChI=1S/C15H14N10/c1(4-10-20-14(24-22-10)12-16-6-2-7-17-12)5-11-21-15(25-23-11)13-18-8-3-9-19-13/h2-3,6-9H,1,4-5H2,(H,20,22,24)(H,21,23,25). The Morgan fingerprint density at radius 3 is 1.48 bits per heavy atom. The van der Waals surface area contributed by atoms with Gasteiger partial charge in [-0.25, -0.2) is 29.9 Å². The van der Waals surface area contributed by atoms with Crippen molar-refractivity contribution in [2.75, 3.05) is 0 Å². The van der Waals surface area contributed by atoms with Crippen molar-refractivity contribution in [3.8, 4) is 23.3 Å². The summed E-state index contributed by atoms with van der Waals surface area (Å²) in [7, 11) is 0. The van der Waals surface area contributed by atoms with Gasteiger partial charge in [0.25, 0.3) is 0 Å². The fourth-order valence-electron chi connectivity index (χ4n) is 2.27. The molecule has 10 heteroatoms. The summed E-state index contributed by atoms with van der Waals surface area (Å²) in [5, 5.41) is 14.1. The SMILES string of the molecule is c1cnc(-c2n[nH]c(CCCc3nc(-c4ncccn4)n[nH]3)n2)nc1. The lowest BCUT2D eigenvalue weighted by molar-refractivity contribution is 0.743. The Balaban J connectivity index is 1.34. The molecule has 0 aliphatic heterocycles. The highest BCUT2D eigenvalue weighted by atomic mass is 15.2. The molecule has 0 fully saturated rings. The largest absolute Gasteiger partial charge is 0.263 e. The number of nitrogens with one attached hydrogen (secondary N) is 2. The molecule has 0 aliphatic rings. The van der Waals surface area contributed by atoms with Gasteiger partial charge in [-0.05, 0) is 18.6 Å². The van der Waals surface area contributed by atoms with Crippen LogP contribution in [0.1, 0.15) is 18.1 Å². The molecule has 4 aromatic heterocycles. The monoisotopic (exact) mass is 334 g/mol. The van der Waals surface area contributed by atoms with Crippen molar-refractivity contribution < 1.29 is 0 Å². The van der Waals surface area contributed by atoms with E-state index in [9.17, 15) is 0 Å². The van der Waals surface area contributed by atoms with Crippen molar-refractivity contribution >= 4 is 0 Å². The maximum Gasteiger partial charge on any atom is 0.218 e. The average molecular weight is 334 g/mol. The Hall–Kier alpha value is -3.56. The first-order valence-corrected chi connectivity index (χ1v) is 7.76. The number of hydrogen-bond donors (Lipinski definition) is 2. The summed E-state index contributed by atoms with van der Waals surface area (Å²) >= 11 is 0. The molecule has 0 amide bonds. The minimum atomic E-state index is 0.499. The maximum atomic E-state index is 4.41. The quantitative estimate of drug-likeness (QED) is 0.533. The van der Waals surface area contributed by atoms with Crippen LogP contribution in [0.4, 0.5) is 0 Å². The van der Waals surface area contributed by atoms with E-state index in [1.54, 1.807) is 36.9 Å². The van der Waals surface area contributed by atoms with E-state index in [4.69, 9.17) is 0 Å². The first-order valence-electron chi connectivity index (χ1n) is 7.76. The van der Waals surface area contributed by atoms with Gasteiger partial charge in [-0.1, -0.05) is 0 Å². The summed E-state index contributed by atoms with van der Waals surface area (Å²) in [6.45, 7) is 0. The van der Waals surface area contributed by atoms with E-state index in [-0.39, 0.29) is 0 Å². The summed E-state index contributed by atoms with van der Waals surface area (Å²) in [5.41, 5.74) is 0. The summed E-state index contributed by atoms with van der Waals surface area (Å²) in [6, 6.07) is 3.51. The van der Waals surface area contributed by atoms with Crippen molar-refractivity contribution in [3.05, 3.63) is 48.6 Å². The van der Waals surface area contributed by atoms with Crippen molar-refractivity contribution in [2.24, 2.45) is 0 Å². The number of rotatable bonds is 6. The lowest BCUT2D eigenvalue weighted by atomic mass is 10.2. The number of nitrogens with zero attached hydrogens (tertiary/aromatic N) is 8. The number of hydrogen-bond acceptors (Lipinski definition) is 8. The van der Waals surface area contributed by atoms with Gasteiger partial charge in [-0.15, -0.1) is 10.2 Å². The second kappa shape index (κ2) is 6.91. The van der Waals surface area contributed by atoms with Gasteiger partial charge in [0.05, 0.1) is 0 Å². The molecular weight excluding hydrogens is 320 g/mol. The average Bonchev–Trinajstić information content (AvgIpc) is 3.33. The van der Waals surface area contributed by atoms with E-state index in [0.717, 1.165) is 30.9 Å². The Bertz CT molecular complexity index is 853. The number of H-pyrrole nitrogens is 2. The smallest absolute Gasteiger partial charge is 0.218 e. The fourth-order valence-corrected chi connectivity index (χ4v) is 2.27. The predicted octanol–water partition coefficient (Wildman–Crippen LogP) is 1.01. The minimum absolute atomic E-state index is 0.499. The van der Waals surface area contributed by atoms with Crippen LogP contribution in [0.3, 0.4) is 0 Å². The topological polar surface area (TPSA) is 135 Å². The highest BCUT2D eigenvalue weighted by Crippen LogP contribution is 2.10. The molecule has 10 nitrogen and oxygen atoms in total. The summed E-state index contributed by atoms with van der Waals surface area (Å²) in [6.07, 6.45) is 8.96. The van der Waals surface area contributed by atoms with Crippen molar-refractivity contribution in [2.45, 2.75) is 19.3 Å². The molecular formula is C15H14N10. The zero-order valence-corrected chi connectivity index (χ0v) is 13.2. The molecule has 0 aromatic carbocycles. The van der Waals surface area contributed by atoms with E-state index in [2.05, 4.69) is 50.3 Å². The number of aromatic amines is 2. The van der Waals surface area contributed by atoms with Gasteiger partial charge >= 0.3 is 0 Å². The third kappa shape index (κ3) is 3.52. The van der Waals surface area contributed by atoms with Gasteiger partial charge in [0.2, 0.25) is 11.6 Å². The van der Waals surface area contributed by atoms with E-state index >= 15 is 0 Å². The predicted molar refractivity (Wildman–Crippen MR) is 86.8 cm³/mol. The van der Waals surface area contributed by atoms with Crippen molar-refractivity contribution in [3.63, 3.8) is 0 Å². The molecule has 0 aliphatic carbocycles. The first-order chi connectivity index (χ1) is 12.4. The van der Waals surface area contributed by atoms with Gasteiger partial charge < -0.3 is 0 Å². The summed E-state index contributed by atoms with van der Waals surface area (Å²) < 4.78 is 0. The highest BCUT2D eigenvalue weighted by molar-refractivity contribution is 5.41. The molecule has 0 saturated carbocycles. The molecule has 0 atom stereocenters. The van der Waals surface area contributed by atoms with Crippen LogP contribution in [-0.2, 0) is 12.8 Å². The first kappa shape index (κ1) is 15.0. The van der Waals surface area contributed by atoms with E-state index in [0.29, 0.717) is 23.3 Å². The van der Waals surface area contributed by atoms with Crippen LogP contribution in [0.2, 0.25) is 0 Å². The molecule has 0 saturated heterocycles. The molecule has 124 valence electrons. The second-order valence-electron chi connectivity index (χ2n) is 5.21. The van der Waals surface area contributed by atoms with E-state index in [1.165, 1.54) is 0 Å². The van der Waals surface area contributed by atoms with E-state index in [1.807, 2.05) is 0 Å². The lowest BCUT2D eigenvalue weighted by Gasteiger charge is -1.94. The molecule has 0 unspecified atom stereocenters. The lowest BCUT2D eigenvalue weighted by Crippen LogP contribution is -1.95. The zero-order valence-electron chi connectivity index (χ0n) is 13.2. The molecule has 0 radical (unpaired) electrons. The molecule has 2 N–H and O–H groups in total. The minimum Gasteiger partial charge on any atom is -0.263 e. The summed E-state index contributed by atoms with van der Waals surface area (Å²) in [5.74, 6) is 3.58. The van der Waals surface area contributed by atoms with Gasteiger partial charge in [0.1, 0.15) is 11.6 Å². The van der Waals surface area contributed by atoms with Crippen LogP contribution in [0.15, 0.2) is 36.9 Å². The number of aromatic nitrogens is 10. The van der Waals surface area contributed by atoms with Crippen molar-refractivity contribution in [1.82, 2.24) is 50.3 Å². The molecule has 4 aromatic rings. The van der Waals surface area contributed by atoms with Gasteiger partial charge in [-0.3, -0.25) is 10.2 Å². The molecule has 4 rings (SSSR count). The van der Waals surface area contributed by atoms with Gasteiger partial charge in [0.15, 0.2) is 11.6 Å². The van der Waals surface area contributed by atoms with E-state index < -0.39 is 0 Å². The van der Waals surface area contributed by atoms with Gasteiger partial charge in [0, 0.05) is 37.6 Å². The summed E-state index contributed by atoms with van der Waals surface area (Å²) in [4.78, 5) is 25.3. The normalized spacial score (nSPS) is 10.9. The van der Waals surface area contributed by atoms with Crippen LogP contribution in [0, 0.1) is 0 Å². The van der Waals surface area contributed by atoms with Crippen LogP contribution < -0.4 is 0 Å². The Labute approximate surface area is 142 Å². The number of aryl methyl sites for hydroxylation is 2. The third-order valence-corrected chi connectivity index (χ3v) is 3.42. The Morgan fingerprint density at radius 1 is 0.600 bits per heavy atom. The second-order valence-corrected chi connectivity index (χ2v) is 5.21. The Kier molecular flexibility index (Phi) is 4.14. The molecule has 4 heterocycles. The molecule has 0 bridgehead atoms. The van der Waals surface area contributed by atoms with Crippen molar-refractivity contribution in [1.29, 1.82) is 0 Å². The van der Waals surface area contributed by atoms with Gasteiger partial charge in [-0.2, -0.15) is 0 Å². The zero-order chi connectivity index (χ0) is 16.9. The third-order valence-electron chi connectivity index (χ3n) is 3.42. The van der Waals surface area contributed by atoms with Crippen LogP contribution in [-0.4, -0.2) is 50.3 Å². The molecule has 0 spiro atoms. The van der Waals surface area contributed by atoms with Crippen LogP contribution in [0.25, 0.3) is 23.3 Å². The van der Waals surface area contributed by atoms with Crippen LogP contribution >= 0.6 is 0 Å². The fraction of sp³-hybridized carbons (Fsp3) is 0.200. The molecule has 25 heavy (non-hydrogen) atoms. The Morgan fingerprint density at radius 2 is 1.04 bits per heavy atom. The van der Waals surface area contributed by atoms with Crippen LogP contribution in [0.5, 0.6) is 0 Å².